The molecule has 13 nitrogen and oxygen atoms in total. The number of hydrogen-bond acceptors (Lipinski definition) is 8. The number of benzene rings is 2. The number of nitrogens with one attached hydrogen (secondary N) is 3. The zero-order chi connectivity index (χ0) is 37.1. The number of aromatic nitrogens is 4. The third-order valence-electron chi connectivity index (χ3n) is 9.81. The highest BCUT2D eigenvalue weighted by Gasteiger charge is 2.35. The summed E-state index contributed by atoms with van der Waals surface area (Å²) in [4.78, 5) is 56.1. The van der Waals surface area contributed by atoms with E-state index in [0.29, 0.717) is 63.2 Å². The number of rotatable bonds is 17. The van der Waals surface area contributed by atoms with Crippen molar-refractivity contribution in [2.24, 2.45) is 7.05 Å². The molecule has 0 saturated carbocycles. The molecule has 2 aromatic carbocycles. The topological polar surface area (TPSA) is 163 Å². The Morgan fingerprint density at radius 2 is 1.60 bits per heavy atom. The van der Waals surface area contributed by atoms with Crippen LogP contribution >= 0.6 is 0 Å². The molecule has 1 atom stereocenters. The third kappa shape index (κ3) is 10.3. The van der Waals surface area contributed by atoms with E-state index in [1.807, 2.05) is 59.5 Å². The lowest BCUT2D eigenvalue weighted by molar-refractivity contribution is -0.136. The van der Waals surface area contributed by atoms with Gasteiger partial charge in [0, 0.05) is 58.7 Å². The Bertz CT molecular complexity index is 1860. The molecule has 2 aromatic heterocycles. The average Bonchev–Trinajstić information content (AvgIpc) is 3.47. The van der Waals surface area contributed by atoms with Gasteiger partial charge in [0.15, 0.2) is 5.52 Å². The Morgan fingerprint density at radius 1 is 0.923 bits per heavy atom. The van der Waals surface area contributed by atoms with Crippen molar-refractivity contribution in [3.8, 4) is 11.3 Å². The number of piperidine rings is 1. The fourth-order valence-corrected chi connectivity index (χ4v) is 6.73. The molecular formula is C39H52N8O5. The molecule has 1 fully saturated rings. The van der Waals surface area contributed by atoms with Crippen LogP contribution in [0.4, 0.5) is 0 Å². The Morgan fingerprint density at radius 3 is 2.27 bits per heavy atom. The minimum Gasteiger partial charge on any atom is -0.388 e. The zero-order valence-corrected chi connectivity index (χ0v) is 30.6. The van der Waals surface area contributed by atoms with E-state index in [2.05, 4.69) is 33.0 Å². The van der Waals surface area contributed by atoms with Crippen LogP contribution in [0.5, 0.6) is 0 Å². The van der Waals surface area contributed by atoms with Crippen LogP contribution in [0.2, 0.25) is 0 Å². The quantitative estimate of drug-likeness (QED) is 0.121. The number of nitrogens with zero attached hydrogens (tertiary/aromatic N) is 5. The summed E-state index contributed by atoms with van der Waals surface area (Å²) in [7, 11) is 1.78. The maximum Gasteiger partial charge on any atom is 0.281 e. The highest BCUT2D eigenvalue weighted by molar-refractivity contribution is 5.89. The second kappa shape index (κ2) is 18.1. The molecule has 3 amide bonds. The molecule has 0 radical (unpaired) electrons. The predicted molar refractivity (Wildman–Crippen MR) is 200 cm³/mol. The van der Waals surface area contributed by atoms with Gasteiger partial charge in [-0.25, -0.2) is 4.98 Å². The Kier molecular flexibility index (Phi) is 13.3. The van der Waals surface area contributed by atoms with Gasteiger partial charge in [-0.3, -0.25) is 28.4 Å². The largest absolute Gasteiger partial charge is 0.388 e. The highest BCUT2D eigenvalue weighted by Crippen LogP contribution is 2.28. The van der Waals surface area contributed by atoms with E-state index in [-0.39, 0.29) is 47.8 Å². The van der Waals surface area contributed by atoms with Crippen LogP contribution in [0.3, 0.4) is 0 Å². The summed E-state index contributed by atoms with van der Waals surface area (Å²) >= 11 is 0. The van der Waals surface area contributed by atoms with E-state index in [1.165, 1.54) is 17.8 Å². The van der Waals surface area contributed by atoms with Gasteiger partial charge in [0.25, 0.3) is 5.56 Å². The van der Waals surface area contributed by atoms with E-state index in [9.17, 15) is 24.3 Å². The molecule has 1 unspecified atom stereocenters. The van der Waals surface area contributed by atoms with Gasteiger partial charge in [0.1, 0.15) is 5.52 Å². The van der Waals surface area contributed by atoms with Crippen molar-refractivity contribution < 1.29 is 19.5 Å². The molecule has 13 heteroatoms. The number of amides is 3. The summed E-state index contributed by atoms with van der Waals surface area (Å²) in [6.45, 7) is 6.55. The first kappa shape index (κ1) is 38.4. The average molecular weight is 713 g/mol. The summed E-state index contributed by atoms with van der Waals surface area (Å²) in [5, 5.41) is 24.9. The van der Waals surface area contributed by atoms with E-state index in [1.54, 1.807) is 11.7 Å². The van der Waals surface area contributed by atoms with Gasteiger partial charge < -0.3 is 26.0 Å². The van der Waals surface area contributed by atoms with Crippen LogP contribution < -0.4 is 21.5 Å². The van der Waals surface area contributed by atoms with E-state index in [4.69, 9.17) is 0 Å². The van der Waals surface area contributed by atoms with E-state index in [0.717, 1.165) is 42.4 Å². The monoisotopic (exact) mass is 712 g/mol. The number of unbranched alkanes of at least 4 members (excludes halogenated alkanes) is 3. The molecule has 278 valence electrons. The number of fused-ring (bicyclic) bond motifs is 1. The number of carbonyl (C=O) groups excluding carboxylic acids is 3. The third-order valence-corrected chi connectivity index (χ3v) is 9.81. The fraction of sp³-hybridized carbons (Fsp3) is 0.487. The molecule has 1 aliphatic rings. The minimum atomic E-state index is -1.14. The highest BCUT2D eigenvalue weighted by atomic mass is 16.3. The lowest BCUT2D eigenvalue weighted by atomic mass is 9.90. The Labute approximate surface area is 304 Å². The summed E-state index contributed by atoms with van der Waals surface area (Å²) in [6, 6.07) is 17.8. The van der Waals surface area contributed by atoms with Gasteiger partial charge in [-0.2, -0.15) is 5.10 Å². The number of aliphatic hydroxyl groups is 1. The van der Waals surface area contributed by atoms with Gasteiger partial charge in [-0.1, -0.05) is 74.4 Å². The van der Waals surface area contributed by atoms with Crippen molar-refractivity contribution >= 4 is 28.8 Å². The molecule has 1 aliphatic heterocycles. The Hall–Kier alpha value is -4.88. The molecule has 4 N–H and O–H groups in total. The van der Waals surface area contributed by atoms with Gasteiger partial charge in [0.05, 0.1) is 30.7 Å². The molecule has 4 aromatic rings. The smallest absolute Gasteiger partial charge is 0.281 e. The summed E-state index contributed by atoms with van der Waals surface area (Å²) in [5.74, 6) is 0.118. The van der Waals surface area contributed by atoms with Gasteiger partial charge in [-0.15, -0.1) is 0 Å². The maximum atomic E-state index is 13.6. The molecule has 0 aliphatic carbocycles. The van der Waals surface area contributed by atoms with Crippen molar-refractivity contribution in [3.63, 3.8) is 0 Å². The van der Waals surface area contributed by atoms with E-state index < -0.39 is 5.60 Å². The molecular weight excluding hydrogens is 660 g/mol. The number of aryl methyl sites for hydroxylation is 1. The van der Waals surface area contributed by atoms with Gasteiger partial charge in [0.2, 0.25) is 17.7 Å². The Balaban J connectivity index is 1.09. The van der Waals surface area contributed by atoms with Crippen LogP contribution in [0.15, 0.2) is 65.7 Å². The molecule has 52 heavy (non-hydrogen) atoms. The van der Waals surface area contributed by atoms with Crippen molar-refractivity contribution in [1.29, 1.82) is 0 Å². The number of carbonyl (C=O) groups is 3. The second-order valence-electron chi connectivity index (χ2n) is 14.0. The second-order valence-corrected chi connectivity index (χ2v) is 14.0. The minimum absolute atomic E-state index is 0.00934. The normalized spacial score (nSPS) is 14.7. The maximum absolute atomic E-state index is 13.6. The van der Waals surface area contributed by atoms with Gasteiger partial charge >= 0.3 is 0 Å². The lowest BCUT2D eigenvalue weighted by Crippen LogP contribution is -2.49. The molecule has 0 spiro atoms. The molecule has 3 heterocycles. The van der Waals surface area contributed by atoms with Crippen LogP contribution in [-0.4, -0.2) is 85.4 Å². The first-order valence-corrected chi connectivity index (χ1v) is 18.3. The summed E-state index contributed by atoms with van der Waals surface area (Å²) < 4.78 is 3.08. The standard InChI is InChI=1S/C39H52N8O5/c1-28(31-11-7-6-8-12-31)23-34(50)46-21-17-39(52,18-22-46)26-47-27-43-35-36(38(47)51)44-45(3)37(35)32-15-13-30(14-16-32)24-40-25-33(49)42-20-10-5-4-9-19-41-29(2)48/h6-8,11-16,27-28,40,52H,4-5,9-10,17-26H2,1-3H3,(H,41,48)(H,42,49). The summed E-state index contributed by atoms with van der Waals surface area (Å²) in [5.41, 5.74) is 2.95. The van der Waals surface area contributed by atoms with Crippen molar-refractivity contribution in [3.05, 3.63) is 82.4 Å². The lowest BCUT2D eigenvalue weighted by Gasteiger charge is -2.38. The van der Waals surface area contributed by atoms with Crippen LogP contribution in [0, 0.1) is 0 Å². The molecule has 5 rings (SSSR count). The van der Waals surface area contributed by atoms with Crippen molar-refractivity contribution in [2.45, 2.75) is 83.4 Å². The van der Waals surface area contributed by atoms with E-state index >= 15 is 0 Å². The SMILES string of the molecule is CC(=O)NCCCCCCNC(=O)CNCc1ccc(-c2c3ncn(CC4(O)CCN(C(=O)CC(C)c5ccccc5)CC4)c(=O)c3nn2C)cc1. The molecule has 1 saturated heterocycles. The number of hydrogen-bond donors (Lipinski definition) is 4. The molecule has 0 bridgehead atoms. The van der Waals surface area contributed by atoms with Crippen LogP contribution in [0.25, 0.3) is 22.3 Å². The van der Waals surface area contributed by atoms with Gasteiger partial charge in [-0.05, 0) is 42.7 Å². The number of likely N-dealkylation sites (tertiary alicyclic amines) is 1. The first-order valence-electron chi connectivity index (χ1n) is 18.3. The summed E-state index contributed by atoms with van der Waals surface area (Å²) in [6.07, 6.45) is 6.47. The van der Waals surface area contributed by atoms with Crippen LogP contribution in [-0.2, 0) is 34.5 Å². The fourth-order valence-electron chi connectivity index (χ4n) is 6.73. The first-order chi connectivity index (χ1) is 25.0. The van der Waals surface area contributed by atoms with Crippen LogP contribution in [0.1, 0.15) is 75.8 Å². The predicted octanol–water partition coefficient (Wildman–Crippen LogP) is 3.25. The van der Waals surface area contributed by atoms with Crippen molar-refractivity contribution in [2.75, 3.05) is 32.7 Å². The van der Waals surface area contributed by atoms with Crippen molar-refractivity contribution in [1.82, 2.24) is 40.2 Å². The zero-order valence-electron chi connectivity index (χ0n) is 30.6.